The Labute approximate surface area is 200 Å². The van der Waals surface area contributed by atoms with Crippen LogP contribution in [0.5, 0.6) is 0 Å². The summed E-state index contributed by atoms with van der Waals surface area (Å²) in [7, 11) is 0. The molecule has 1 unspecified atom stereocenters. The molecule has 13 heteroatoms. The summed E-state index contributed by atoms with van der Waals surface area (Å²) in [5.41, 5.74) is 1.72. The second-order valence-electron chi connectivity index (χ2n) is 8.60. The van der Waals surface area contributed by atoms with Crippen molar-refractivity contribution >= 4 is 17.5 Å². The zero-order chi connectivity index (χ0) is 26.1. The number of amides is 2. The molecule has 1 aliphatic carbocycles. The topological polar surface area (TPSA) is 88.4 Å². The van der Waals surface area contributed by atoms with E-state index in [0.717, 1.165) is 0 Å². The van der Waals surface area contributed by atoms with Crippen molar-refractivity contribution < 1.29 is 35.9 Å². The molecule has 2 N–H and O–H groups in total. The number of halogens is 6. The number of fused-ring (bicyclic) bond motifs is 1. The third-order valence-electron chi connectivity index (χ3n) is 5.81. The van der Waals surface area contributed by atoms with Crippen LogP contribution < -0.4 is 10.6 Å². The molecule has 192 valence electrons. The van der Waals surface area contributed by atoms with Crippen molar-refractivity contribution in [3.8, 4) is 0 Å². The fraction of sp³-hybridized carbons (Fsp3) is 0.391. The Bertz CT molecular complexity index is 1220. The van der Waals surface area contributed by atoms with Gasteiger partial charge in [-0.3, -0.25) is 9.59 Å². The number of rotatable bonds is 8. The molecule has 0 spiro atoms. The summed E-state index contributed by atoms with van der Waals surface area (Å²) in [6.07, 6.45) is -8.66. The molecule has 2 amide bonds. The smallest absolute Gasteiger partial charge is 0.349 e. The van der Waals surface area contributed by atoms with Crippen molar-refractivity contribution in [3.05, 3.63) is 65.6 Å². The van der Waals surface area contributed by atoms with Crippen LogP contribution in [-0.4, -0.2) is 38.8 Å². The lowest BCUT2D eigenvalue weighted by molar-refractivity contribution is -0.284. The Morgan fingerprint density at radius 3 is 2.33 bits per heavy atom. The van der Waals surface area contributed by atoms with Gasteiger partial charge in [0.05, 0.1) is 30.7 Å². The standard InChI is InChI=1S/C23H21F6N5O2/c24-22(25,26)17(23(27,28)29)9-19(35)33-20(13-6-7-13)15-8-18-32-16(12-34(18)31-10-15)11-30-21(36)14-4-2-1-3-5-14/h1-5,8,10,12-13,17,20H,6-7,9,11H2,(H,30,36)(H,33,35). The summed E-state index contributed by atoms with van der Waals surface area (Å²) < 4.78 is 78.5. The summed E-state index contributed by atoms with van der Waals surface area (Å²) >= 11 is 0. The number of benzene rings is 1. The molecule has 36 heavy (non-hydrogen) atoms. The molecule has 7 nitrogen and oxygen atoms in total. The lowest BCUT2D eigenvalue weighted by Gasteiger charge is -2.24. The molecule has 2 aromatic heterocycles. The van der Waals surface area contributed by atoms with Crippen LogP contribution in [0, 0.1) is 11.8 Å². The molecule has 4 rings (SSSR count). The summed E-state index contributed by atoms with van der Waals surface area (Å²) in [6.45, 7) is 0.103. The maximum absolute atomic E-state index is 12.8. The number of imidazole rings is 1. The van der Waals surface area contributed by atoms with Crippen molar-refractivity contribution in [2.75, 3.05) is 0 Å². The van der Waals surface area contributed by atoms with Crippen LogP contribution in [0.25, 0.3) is 5.65 Å². The second kappa shape index (κ2) is 9.78. The number of carbonyl (C=O) groups is 2. The van der Waals surface area contributed by atoms with Crippen molar-refractivity contribution in [2.45, 2.75) is 44.2 Å². The lowest BCUT2D eigenvalue weighted by atomic mass is 10.0. The van der Waals surface area contributed by atoms with E-state index in [1.54, 1.807) is 42.6 Å². The molecule has 0 aliphatic heterocycles. The second-order valence-corrected chi connectivity index (χ2v) is 8.60. The van der Waals surface area contributed by atoms with Gasteiger partial charge in [0.25, 0.3) is 5.91 Å². The van der Waals surface area contributed by atoms with Crippen LogP contribution in [0.2, 0.25) is 0 Å². The SMILES string of the molecule is O=C(CC(C(F)(F)F)C(F)(F)F)NC(c1cnn2cc(CNC(=O)c3ccccc3)nc2c1)C1CC1. The van der Waals surface area contributed by atoms with Crippen molar-refractivity contribution in [3.63, 3.8) is 0 Å². The van der Waals surface area contributed by atoms with Crippen LogP contribution >= 0.6 is 0 Å². The first-order chi connectivity index (χ1) is 16.9. The Kier molecular flexibility index (Phi) is 6.92. The molecule has 0 radical (unpaired) electrons. The largest absolute Gasteiger partial charge is 0.400 e. The molecule has 2 heterocycles. The Balaban J connectivity index is 1.46. The zero-order valence-corrected chi connectivity index (χ0v) is 18.6. The molecule has 1 aliphatic rings. The third-order valence-corrected chi connectivity index (χ3v) is 5.81. The molecule has 1 saturated carbocycles. The Morgan fingerprint density at radius 1 is 1.06 bits per heavy atom. The van der Waals surface area contributed by atoms with Gasteiger partial charge in [0.15, 0.2) is 11.6 Å². The minimum absolute atomic E-state index is 0.103. The first-order valence-corrected chi connectivity index (χ1v) is 11.0. The van der Waals surface area contributed by atoms with Crippen molar-refractivity contribution in [1.82, 2.24) is 25.2 Å². The Morgan fingerprint density at radius 2 is 1.72 bits per heavy atom. The van der Waals surface area contributed by atoms with E-state index in [1.165, 1.54) is 10.7 Å². The molecule has 1 aromatic carbocycles. The van der Waals surface area contributed by atoms with E-state index in [9.17, 15) is 35.9 Å². The van der Waals surface area contributed by atoms with Crippen molar-refractivity contribution in [1.29, 1.82) is 0 Å². The van der Waals surface area contributed by atoms with Crippen molar-refractivity contribution in [2.24, 2.45) is 11.8 Å². The van der Waals surface area contributed by atoms with E-state index in [2.05, 4.69) is 20.7 Å². The minimum Gasteiger partial charge on any atom is -0.349 e. The van der Waals surface area contributed by atoms with Gasteiger partial charge in [-0.2, -0.15) is 31.4 Å². The lowest BCUT2D eigenvalue weighted by Crippen LogP contribution is -2.41. The molecular weight excluding hydrogens is 492 g/mol. The highest BCUT2D eigenvalue weighted by Crippen LogP contribution is 2.43. The van der Waals surface area contributed by atoms with Gasteiger partial charge in [-0.1, -0.05) is 18.2 Å². The average molecular weight is 513 g/mol. The summed E-state index contributed by atoms with van der Waals surface area (Å²) in [5.74, 6) is -5.52. The number of nitrogens with one attached hydrogen (secondary N) is 2. The maximum atomic E-state index is 12.8. The van der Waals surface area contributed by atoms with E-state index in [0.29, 0.717) is 35.3 Å². The maximum Gasteiger partial charge on any atom is 0.400 e. The molecule has 1 atom stereocenters. The van der Waals surface area contributed by atoms with E-state index in [1.807, 2.05) is 0 Å². The van der Waals surface area contributed by atoms with Gasteiger partial charge in [0, 0.05) is 12.0 Å². The number of alkyl halides is 6. The van der Waals surface area contributed by atoms with Gasteiger partial charge < -0.3 is 10.6 Å². The van der Waals surface area contributed by atoms with Gasteiger partial charge >= 0.3 is 12.4 Å². The van der Waals surface area contributed by atoms with Crippen LogP contribution in [-0.2, 0) is 11.3 Å². The molecule has 3 aromatic rings. The minimum atomic E-state index is -5.59. The summed E-state index contributed by atoms with van der Waals surface area (Å²) in [4.78, 5) is 28.8. The number of aromatic nitrogens is 3. The fourth-order valence-electron chi connectivity index (χ4n) is 3.80. The zero-order valence-electron chi connectivity index (χ0n) is 18.6. The van der Waals surface area contributed by atoms with E-state index in [-0.39, 0.29) is 18.4 Å². The first-order valence-electron chi connectivity index (χ1n) is 11.0. The average Bonchev–Trinajstić information content (AvgIpc) is 3.57. The third kappa shape index (κ3) is 6.13. The van der Waals surface area contributed by atoms with Gasteiger partial charge in [-0.25, -0.2) is 9.50 Å². The fourth-order valence-corrected chi connectivity index (χ4v) is 3.80. The van der Waals surface area contributed by atoms with Gasteiger partial charge in [0.1, 0.15) is 0 Å². The van der Waals surface area contributed by atoms with E-state index >= 15 is 0 Å². The Hall–Kier alpha value is -3.64. The van der Waals surface area contributed by atoms with E-state index in [4.69, 9.17) is 0 Å². The molecule has 0 bridgehead atoms. The predicted octanol–water partition coefficient (Wildman–Crippen LogP) is 4.36. The van der Waals surface area contributed by atoms with Gasteiger partial charge in [-0.15, -0.1) is 0 Å². The van der Waals surface area contributed by atoms with Crippen LogP contribution in [0.3, 0.4) is 0 Å². The summed E-state index contributed by atoms with van der Waals surface area (Å²) in [5, 5.41) is 9.25. The number of nitrogens with zero attached hydrogens (tertiary/aromatic N) is 3. The molecule has 1 fully saturated rings. The number of hydrogen-bond donors (Lipinski definition) is 2. The monoisotopic (exact) mass is 513 g/mol. The van der Waals surface area contributed by atoms with E-state index < -0.39 is 36.6 Å². The normalized spacial score (nSPS) is 15.2. The summed E-state index contributed by atoms with van der Waals surface area (Å²) in [6, 6.07) is 9.32. The van der Waals surface area contributed by atoms with Gasteiger partial charge in [0.2, 0.25) is 5.91 Å². The van der Waals surface area contributed by atoms with Crippen LogP contribution in [0.15, 0.2) is 48.8 Å². The highest BCUT2D eigenvalue weighted by atomic mass is 19.4. The van der Waals surface area contributed by atoms with Gasteiger partial charge in [-0.05, 0) is 42.5 Å². The van der Waals surface area contributed by atoms with Crippen LogP contribution in [0.1, 0.15) is 46.9 Å². The number of hydrogen-bond acceptors (Lipinski definition) is 4. The highest BCUT2D eigenvalue weighted by molar-refractivity contribution is 5.94. The molecular formula is C23H21F6N5O2. The number of carbonyl (C=O) groups excluding carboxylic acids is 2. The molecule has 0 saturated heterocycles. The highest BCUT2D eigenvalue weighted by Gasteiger charge is 2.57. The van der Waals surface area contributed by atoms with Crippen LogP contribution in [0.4, 0.5) is 26.3 Å². The quantitative estimate of drug-likeness (QED) is 0.439. The first kappa shape index (κ1) is 25.5. The predicted molar refractivity (Wildman–Crippen MR) is 114 cm³/mol.